The molecule has 4 heterocycles. The summed E-state index contributed by atoms with van der Waals surface area (Å²) in [7, 11) is -1.78. The summed E-state index contributed by atoms with van der Waals surface area (Å²) < 4.78 is 2.25. The number of aryl methyl sites for hydroxylation is 2. The predicted molar refractivity (Wildman–Crippen MR) is 131 cm³/mol. The smallest absolute Gasteiger partial charge is 0.146 e. The molecule has 1 aliphatic heterocycles. The normalized spacial score (nSPS) is 13.8. The third-order valence-electron chi connectivity index (χ3n) is 7.04. The lowest BCUT2D eigenvalue weighted by Crippen LogP contribution is -2.43. The van der Waals surface area contributed by atoms with Gasteiger partial charge in [0.2, 0.25) is 0 Å². The molecular weight excluding hydrogens is 398 g/mol. The van der Waals surface area contributed by atoms with E-state index in [0.717, 1.165) is 53.1 Å². The van der Waals surface area contributed by atoms with E-state index in [1.807, 2.05) is 0 Å². The van der Waals surface area contributed by atoms with Crippen LogP contribution in [0.25, 0.3) is 22.3 Å². The van der Waals surface area contributed by atoms with Crippen molar-refractivity contribution in [1.29, 1.82) is 0 Å². The van der Waals surface area contributed by atoms with Gasteiger partial charge in [-0.05, 0) is 47.7 Å². The molecule has 0 saturated heterocycles. The minimum absolute atomic E-state index is 0.528. The molecule has 0 spiro atoms. The van der Waals surface area contributed by atoms with Crippen molar-refractivity contribution in [2.24, 2.45) is 0 Å². The first-order chi connectivity index (χ1) is 14.8. The number of aromatic nitrogens is 4. The van der Waals surface area contributed by atoms with Gasteiger partial charge in [-0.1, -0.05) is 47.5 Å². The maximum atomic E-state index is 6.11. The predicted octanol–water partition coefficient (Wildman–Crippen LogP) is 5.59. The molecule has 6 heteroatoms. The lowest BCUT2D eigenvalue weighted by atomic mass is 10.1. The average Bonchev–Trinajstić information content (AvgIpc) is 2.98. The Morgan fingerprint density at radius 2 is 1.74 bits per heavy atom. The number of hydrogen-bond acceptors (Lipinski definition) is 4. The van der Waals surface area contributed by atoms with Crippen molar-refractivity contribution < 1.29 is 0 Å². The Hall–Kier alpha value is -2.65. The molecule has 3 aromatic rings. The Morgan fingerprint density at radius 3 is 2.42 bits per heavy atom. The van der Waals surface area contributed by atoms with Gasteiger partial charge in [0.1, 0.15) is 31.6 Å². The van der Waals surface area contributed by atoms with Gasteiger partial charge in [0, 0.05) is 12.1 Å². The maximum Gasteiger partial charge on any atom is 0.146 e. The summed E-state index contributed by atoms with van der Waals surface area (Å²) in [4.78, 5) is 13.7. The Kier molecular flexibility index (Phi) is 5.65. The first-order valence-corrected chi connectivity index (χ1v) is 13.6. The highest BCUT2D eigenvalue weighted by atomic mass is 28.3. The van der Waals surface area contributed by atoms with Crippen LogP contribution in [0.5, 0.6) is 0 Å². The SMILES string of the molecule is CC(C)[Si](C#Cc1ccc2c(n1)CCCn1c-2cc2c(N)ncnc21)(C(C)C)C(C)C. The lowest BCUT2D eigenvalue weighted by Gasteiger charge is -2.38. The third kappa shape index (κ3) is 3.55. The zero-order valence-electron chi connectivity index (χ0n) is 19.5. The van der Waals surface area contributed by atoms with Crippen molar-refractivity contribution >= 4 is 24.9 Å². The standard InChI is InChI=1S/C25H33N5Si/c1-16(2)31(17(3)4,18(5)6)13-11-19-9-10-20-22(29-19)8-7-12-30-23(20)14-21-24(26)27-15-28-25(21)30/h9-10,14-18H,7-8,12H2,1-6H3,(H2,26,27,28). The number of rotatable bonds is 3. The fourth-order valence-electron chi connectivity index (χ4n) is 5.54. The van der Waals surface area contributed by atoms with Gasteiger partial charge in [0.25, 0.3) is 0 Å². The summed E-state index contributed by atoms with van der Waals surface area (Å²) in [6.45, 7) is 15.0. The molecule has 0 aromatic carbocycles. The first-order valence-electron chi connectivity index (χ1n) is 11.4. The number of hydrogen-bond donors (Lipinski definition) is 1. The van der Waals surface area contributed by atoms with Gasteiger partial charge >= 0.3 is 0 Å². The number of pyridine rings is 1. The van der Waals surface area contributed by atoms with Gasteiger partial charge in [-0.25, -0.2) is 15.0 Å². The quantitative estimate of drug-likeness (QED) is 0.433. The Balaban J connectivity index is 1.79. The molecule has 1 aliphatic rings. The molecule has 0 unspecified atom stereocenters. The second kappa shape index (κ2) is 8.12. The van der Waals surface area contributed by atoms with E-state index in [4.69, 9.17) is 10.7 Å². The van der Waals surface area contributed by atoms with Crippen LogP contribution in [0.1, 0.15) is 59.4 Å². The zero-order chi connectivity index (χ0) is 22.3. The average molecular weight is 432 g/mol. The zero-order valence-corrected chi connectivity index (χ0v) is 20.5. The molecule has 0 aliphatic carbocycles. The number of nitrogens with two attached hydrogens (primary N) is 1. The minimum atomic E-state index is -1.78. The van der Waals surface area contributed by atoms with Crippen LogP contribution in [0, 0.1) is 11.5 Å². The highest BCUT2D eigenvalue weighted by molar-refractivity contribution is 6.90. The monoisotopic (exact) mass is 431 g/mol. The molecule has 2 N–H and O–H groups in total. The third-order valence-corrected chi connectivity index (χ3v) is 13.3. The van der Waals surface area contributed by atoms with E-state index < -0.39 is 8.07 Å². The number of nitrogen functional groups attached to an aromatic ring is 1. The molecule has 0 bridgehead atoms. The summed E-state index contributed by atoms with van der Waals surface area (Å²) >= 11 is 0. The van der Waals surface area contributed by atoms with Crippen LogP contribution in [0.4, 0.5) is 5.82 Å². The van der Waals surface area contributed by atoms with Crippen molar-refractivity contribution in [3.8, 4) is 22.7 Å². The van der Waals surface area contributed by atoms with E-state index in [2.05, 4.69) is 85.7 Å². The van der Waals surface area contributed by atoms with E-state index in [1.165, 1.54) is 0 Å². The van der Waals surface area contributed by atoms with Crippen molar-refractivity contribution in [3.05, 3.63) is 35.9 Å². The summed E-state index contributed by atoms with van der Waals surface area (Å²) in [5.74, 6) is 4.04. The number of nitrogens with zero attached hydrogens (tertiary/aromatic N) is 4. The maximum absolute atomic E-state index is 6.11. The van der Waals surface area contributed by atoms with Gasteiger partial charge in [-0.15, -0.1) is 5.54 Å². The van der Waals surface area contributed by atoms with Crippen LogP contribution < -0.4 is 5.73 Å². The topological polar surface area (TPSA) is 69.6 Å². The second-order valence-electron chi connectivity index (χ2n) is 9.62. The summed E-state index contributed by atoms with van der Waals surface area (Å²) in [6, 6.07) is 6.36. The van der Waals surface area contributed by atoms with E-state index in [9.17, 15) is 0 Å². The van der Waals surface area contributed by atoms with Crippen molar-refractivity contribution in [2.75, 3.05) is 5.73 Å². The fourth-order valence-corrected chi connectivity index (χ4v) is 10.7. The van der Waals surface area contributed by atoms with Crippen molar-refractivity contribution in [2.45, 2.75) is 77.6 Å². The summed E-state index contributed by atoms with van der Waals surface area (Å²) in [6.07, 6.45) is 3.50. The largest absolute Gasteiger partial charge is 0.383 e. The number of fused-ring (bicyclic) bond motifs is 5. The van der Waals surface area contributed by atoms with Crippen LogP contribution in [-0.4, -0.2) is 27.6 Å². The first kappa shape index (κ1) is 21.6. The van der Waals surface area contributed by atoms with E-state index in [-0.39, 0.29) is 0 Å². The molecule has 0 radical (unpaired) electrons. The van der Waals surface area contributed by atoms with Gasteiger partial charge in [0.05, 0.1) is 16.8 Å². The second-order valence-corrected chi connectivity index (χ2v) is 15.2. The summed E-state index contributed by atoms with van der Waals surface area (Å²) in [5.41, 5.74) is 16.9. The molecule has 5 nitrogen and oxygen atoms in total. The van der Waals surface area contributed by atoms with E-state index in [0.29, 0.717) is 22.4 Å². The summed E-state index contributed by atoms with van der Waals surface area (Å²) in [5, 5.41) is 0.913. The molecule has 162 valence electrons. The van der Waals surface area contributed by atoms with E-state index >= 15 is 0 Å². The number of anilines is 1. The van der Waals surface area contributed by atoms with Crippen LogP contribution in [0.15, 0.2) is 24.5 Å². The van der Waals surface area contributed by atoms with Crippen molar-refractivity contribution in [1.82, 2.24) is 19.5 Å². The van der Waals surface area contributed by atoms with Gasteiger partial charge < -0.3 is 10.3 Å². The van der Waals surface area contributed by atoms with Crippen LogP contribution >= 0.6 is 0 Å². The van der Waals surface area contributed by atoms with Crippen LogP contribution in [-0.2, 0) is 13.0 Å². The minimum Gasteiger partial charge on any atom is -0.383 e. The molecule has 0 atom stereocenters. The van der Waals surface area contributed by atoms with Gasteiger partial charge in [-0.2, -0.15) is 0 Å². The molecule has 0 amide bonds. The fraction of sp³-hybridized carbons (Fsp3) is 0.480. The molecule has 0 saturated carbocycles. The molecular formula is C25H33N5Si. The Bertz CT molecular complexity index is 1160. The Labute approximate surface area is 186 Å². The highest BCUT2D eigenvalue weighted by Crippen LogP contribution is 2.41. The molecule has 31 heavy (non-hydrogen) atoms. The van der Waals surface area contributed by atoms with Crippen molar-refractivity contribution in [3.63, 3.8) is 0 Å². The lowest BCUT2D eigenvalue weighted by molar-refractivity contribution is 0.670. The van der Waals surface area contributed by atoms with Crippen LogP contribution in [0.2, 0.25) is 16.6 Å². The van der Waals surface area contributed by atoms with Gasteiger partial charge in [0.15, 0.2) is 0 Å². The highest BCUT2D eigenvalue weighted by Gasteiger charge is 2.41. The van der Waals surface area contributed by atoms with Crippen LogP contribution in [0.3, 0.4) is 0 Å². The molecule has 0 fully saturated rings. The molecule has 3 aromatic heterocycles. The van der Waals surface area contributed by atoms with E-state index in [1.54, 1.807) is 6.33 Å². The Morgan fingerprint density at radius 1 is 1.03 bits per heavy atom. The van der Waals surface area contributed by atoms with Gasteiger partial charge in [-0.3, -0.25) is 0 Å². The molecule has 4 rings (SSSR count).